The highest BCUT2D eigenvalue weighted by Crippen LogP contribution is 2.57. The first-order valence-electron chi connectivity index (χ1n) is 52.1. The van der Waals surface area contributed by atoms with Gasteiger partial charge in [-0.15, -0.1) is 0 Å². The maximum absolute atomic E-state index is 16.4. The van der Waals surface area contributed by atoms with Gasteiger partial charge in [-0.05, 0) is 111 Å². The SMILES string of the molecule is CCCCCCCCCCCCCCCCCCOc1cc(CC(C(=O)O)(C(C(=O)O)[C@H]2C[C@H](n3cc(C)c(=O)[nH]c3=O)O[C@@H]2COC(c2ccccc2)(c2ccc(OC)cc2)c2ccc(OC)cc2)[C@@H]2C[C@H](n3cc(C)c(=O)[nH]c3=O)O[C@@H]2COS(=O)[PH2+]CCC#N)cc(OCCCCCCCCCCCCCCCCCC)c1OCCCCCCCCCCCCCCCCCC. The van der Waals surface area contributed by atoms with Crippen LogP contribution in [0.5, 0.6) is 28.7 Å². The van der Waals surface area contributed by atoms with E-state index in [-0.39, 0.29) is 54.8 Å². The summed E-state index contributed by atoms with van der Waals surface area (Å²) in [7, 11) is 0.0978. The minimum absolute atomic E-state index is 0.0957. The summed E-state index contributed by atoms with van der Waals surface area (Å²) in [5.41, 5.74) is -4.89. The number of H-pyrrole nitrogens is 2. The summed E-state index contributed by atoms with van der Waals surface area (Å²) in [5, 5.41) is 35.9. The van der Waals surface area contributed by atoms with E-state index in [9.17, 15) is 38.9 Å². The van der Waals surface area contributed by atoms with Gasteiger partial charge in [-0.2, -0.15) is 9.47 Å². The molecule has 4 unspecified atom stereocenters. The maximum Gasteiger partial charge on any atom is 0.330 e. The van der Waals surface area contributed by atoms with Crippen LogP contribution in [0.4, 0.5) is 0 Å². The average molecular weight is 1900 g/mol. The Morgan fingerprint density at radius 2 is 0.851 bits per heavy atom. The number of benzene rings is 4. The van der Waals surface area contributed by atoms with Crippen LogP contribution in [-0.2, 0) is 50.7 Å². The van der Waals surface area contributed by atoms with Gasteiger partial charge in [0.1, 0.15) is 37.3 Å². The lowest BCUT2D eigenvalue weighted by Gasteiger charge is -2.45. The third-order valence-electron chi connectivity index (χ3n) is 27.6. The molecule has 8 rings (SSSR count). The molecule has 0 spiro atoms. The zero-order valence-electron chi connectivity index (χ0n) is 82.6. The number of aliphatic carboxylic acids is 2. The highest BCUT2D eigenvalue weighted by molar-refractivity contribution is 8.37. The lowest BCUT2D eigenvalue weighted by Crippen LogP contribution is -2.56. The van der Waals surface area contributed by atoms with E-state index in [1.165, 1.54) is 249 Å². The van der Waals surface area contributed by atoms with Crippen molar-refractivity contribution in [1.82, 2.24) is 19.1 Å². The predicted octanol–water partition coefficient (Wildman–Crippen LogP) is 25.4. The first-order valence-corrected chi connectivity index (χ1v) is 55.4. The number of unbranched alkanes of at least 4 members (excludes halogenated alkanes) is 45. The second-order valence-electron chi connectivity index (χ2n) is 37.9. The fourth-order valence-electron chi connectivity index (χ4n) is 19.9. The molecular formula is C109H167N5O18PS+. The molecule has 2 aliphatic rings. The lowest BCUT2D eigenvalue weighted by atomic mass is 9.56. The number of hydrogen-bond donors (Lipinski definition) is 4. The van der Waals surface area contributed by atoms with Gasteiger partial charge < -0.3 is 48.1 Å². The van der Waals surface area contributed by atoms with Crippen molar-refractivity contribution in [3.05, 3.63) is 178 Å². The van der Waals surface area contributed by atoms with Crippen molar-refractivity contribution in [2.45, 2.75) is 399 Å². The van der Waals surface area contributed by atoms with Gasteiger partial charge in [0.25, 0.3) is 21.8 Å². The smallest absolute Gasteiger partial charge is 0.330 e. The van der Waals surface area contributed by atoms with Crippen molar-refractivity contribution in [2.24, 2.45) is 23.2 Å². The Bertz CT molecular complexity index is 4480. The second kappa shape index (κ2) is 64.3. The summed E-state index contributed by atoms with van der Waals surface area (Å²) >= 11 is 0. The molecule has 4 heterocycles. The van der Waals surface area contributed by atoms with Crippen molar-refractivity contribution in [3.63, 3.8) is 0 Å². The van der Waals surface area contributed by atoms with Crippen molar-refractivity contribution in [1.29, 1.82) is 5.26 Å². The van der Waals surface area contributed by atoms with Gasteiger partial charge in [0, 0.05) is 35.4 Å². The van der Waals surface area contributed by atoms with E-state index in [0.717, 1.165) is 81.6 Å². The highest BCUT2D eigenvalue weighted by atomic mass is 32.7. The molecule has 23 nitrogen and oxygen atoms in total. The van der Waals surface area contributed by atoms with E-state index in [0.29, 0.717) is 59.0 Å². The maximum atomic E-state index is 16.4. The predicted molar refractivity (Wildman–Crippen MR) is 540 cm³/mol. The van der Waals surface area contributed by atoms with Crippen molar-refractivity contribution < 1.29 is 66.1 Å². The molecule has 2 saturated heterocycles. The number of ether oxygens (including phenoxy) is 8. The number of nitriles is 1. The molecule has 0 saturated carbocycles. The summed E-state index contributed by atoms with van der Waals surface area (Å²) in [6, 6.07) is 29.7. The minimum Gasteiger partial charge on any atom is -0.497 e. The number of carbonyl (C=O) groups is 2. The van der Waals surface area contributed by atoms with Crippen LogP contribution in [0.15, 0.2) is 123 Å². The molecule has 25 heteroatoms. The Morgan fingerprint density at radius 1 is 0.493 bits per heavy atom. The van der Waals surface area contributed by atoms with Gasteiger partial charge in [-0.25, -0.2) is 9.59 Å². The van der Waals surface area contributed by atoms with Crippen LogP contribution in [0.25, 0.3) is 0 Å². The zero-order chi connectivity index (χ0) is 95.8. The van der Waals surface area contributed by atoms with Crippen LogP contribution in [0, 0.1) is 48.3 Å². The molecule has 0 radical (unpaired) electrons. The number of methoxy groups -OCH3 is 2. The first-order chi connectivity index (χ1) is 65.4. The molecular weight excluding hydrogens is 1730 g/mol. The normalized spacial score (nSPS) is 17.1. The third kappa shape index (κ3) is 36.8. The van der Waals surface area contributed by atoms with E-state index >= 15 is 9.59 Å². The van der Waals surface area contributed by atoms with Gasteiger partial charge in [0.05, 0.1) is 89.4 Å². The number of carboxylic acids is 2. The van der Waals surface area contributed by atoms with Gasteiger partial charge in [-0.1, -0.05) is 364 Å². The summed E-state index contributed by atoms with van der Waals surface area (Å²) in [6.45, 7) is 9.61. The summed E-state index contributed by atoms with van der Waals surface area (Å²) in [4.78, 5) is 92.8. The number of hydrogen-bond acceptors (Lipinski definition) is 17. The Kier molecular flexibility index (Phi) is 53.4. The van der Waals surface area contributed by atoms with Crippen molar-refractivity contribution in [3.8, 4) is 34.8 Å². The van der Waals surface area contributed by atoms with Crippen LogP contribution in [0.1, 0.15) is 394 Å². The molecule has 2 fully saturated rings. The summed E-state index contributed by atoms with van der Waals surface area (Å²) < 4.78 is 77.2. The van der Waals surface area contributed by atoms with Crippen LogP contribution in [0.3, 0.4) is 0 Å². The monoisotopic (exact) mass is 1900 g/mol. The molecule has 6 aromatic rings. The van der Waals surface area contributed by atoms with E-state index in [2.05, 4.69) is 36.8 Å². The molecule has 10 atom stereocenters. The van der Waals surface area contributed by atoms with Crippen molar-refractivity contribution in [2.75, 3.05) is 53.4 Å². The molecule has 4 N–H and O–H groups in total. The quantitative estimate of drug-likeness (QED) is 0.0157. The molecule has 746 valence electrons. The van der Waals surface area contributed by atoms with E-state index in [1.54, 1.807) is 50.6 Å². The fourth-order valence-corrected chi connectivity index (χ4v) is 22.1. The Labute approximate surface area is 804 Å². The number of nitrogens with zero attached hydrogens (tertiary/aromatic N) is 3. The van der Waals surface area contributed by atoms with E-state index in [4.69, 9.17) is 42.1 Å². The third-order valence-corrected chi connectivity index (χ3v) is 30.7. The fraction of sp³-hybridized carbons (Fsp3) is 0.679. The minimum atomic E-state index is -2.63. The summed E-state index contributed by atoms with van der Waals surface area (Å²) in [6.07, 6.45) is 53.3. The average Bonchev–Trinajstić information content (AvgIpc) is 1.52. The Hall–Kier alpha value is -7.91. The standard InChI is InChI=1S/C109H166N5O18PS/c1-8-11-14-17-20-23-26-29-32-35-38-41-44-47-50-56-71-126-94-75-86(76-95(127-72-57-51-48-45-42-39-36-33-30-27-24-21-18-15-12-9-2)101(94)128-73-58-52-49-46-43-40-37-34-31-28-25-22-19-16-13-10-3)79-108(105(119)120,93-78-99(114-81-85(5)103(116)112-107(114)122)132-97(93)83-130-134(123)133-74-59-70-110)100(104(117)118)92-77-98(113-80-84(4)102(115)111-106(113)121)131-96(92)82-129-109(87-60-54-53-55-61-87,88-62-66-90(124-6)67-63-88)89-64-68-91(125-7)69-65-89/h53-55,60-69,75-76,80-81,92-93,96-100,133H,8-52,56-59,71-74,77-79,82-83H2,1-7H3,(H,117,118)(H,119,120)(H,111,115,121)(H,112,116,122)/p+1/t92-,93+,96+,97+,98+,99+,100?,108?,134?/m0/s1. The molecule has 2 aromatic heterocycles. The van der Waals surface area contributed by atoms with Crippen molar-refractivity contribution >= 4 is 30.4 Å². The molecule has 0 amide bonds. The highest BCUT2D eigenvalue weighted by Gasteiger charge is 2.65. The Morgan fingerprint density at radius 3 is 1.22 bits per heavy atom. The van der Waals surface area contributed by atoms with Crippen LogP contribution in [-0.4, -0.2) is 111 Å². The Balaban J connectivity index is 1.24. The summed E-state index contributed by atoms with van der Waals surface area (Å²) in [5.74, 6) is -6.20. The molecule has 0 aliphatic carbocycles. The van der Waals surface area contributed by atoms with Crippen LogP contribution >= 0.6 is 7.78 Å². The largest absolute Gasteiger partial charge is 0.497 e. The van der Waals surface area contributed by atoms with Crippen LogP contribution < -0.4 is 46.2 Å². The topological polar surface area (TPSA) is 308 Å². The van der Waals surface area contributed by atoms with Gasteiger partial charge in [0.2, 0.25) is 5.75 Å². The number of aryl methyl sites for hydroxylation is 2. The van der Waals surface area contributed by atoms with Crippen LogP contribution in [0.2, 0.25) is 0 Å². The number of rotatable bonds is 77. The first kappa shape index (κ1) is 111. The molecule has 2 aliphatic heterocycles. The number of nitrogens with one attached hydrogen (secondary N) is 2. The number of aromatic amines is 2. The molecule has 0 bridgehead atoms. The lowest BCUT2D eigenvalue weighted by molar-refractivity contribution is -0.177. The number of carboxylic acid groups (broad SMARTS) is 2. The zero-order valence-corrected chi connectivity index (χ0v) is 84.6. The molecule has 134 heavy (non-hydrogen) atoms. The van der Waals surface area contributed by atoms with Gasteiger partial charge in [-0.3, -0.25) is 42.5 Å². The second-order valence-corrected chi connectivity index (χ2v) is 41.7. The number of aromatic nitrogens is 4. The van der Waals surface area contributed by atoms with Gasteiger partial charge >= 0.3 is 23.3 Å². The van der Waals surface area contributed by atoms with E-state index in [1.807, 2.05) is 54.6 Å². The van der Waals surface area contributed by atoms with E-state index < -0.39 is 132 Å². The van der Waals surface area contributed by atoms with Gasteiger partial charge in [0.15, 0.2) is 11.5 Å². The molecule has 4 aromatic carbocycles.